The zero-order valence-electron chi connectivity index (χ0n) is 9.71. The van der Waals surface area contributed by atoms with Gasteiger partial charge >= 0.3 is 0 Å². The maximum Gasteiger partial charge on any atom is 0.252 e. The molecule has 0 fully saturated rings. The summed E-state index contributed by atoms with van der Waals surface area (Å²) >= 11 is 3.97. The summed E-state index contributed by atoms with van der Waals surface area (Å²) in [5, 5.41) is 3.40. The summed E-state index contributed by atoms with van der Waals surface area (Å²) in [6.07, 6.45) is 2.05. The van der Waals surface area contributed by atoms with Crippen LogP contribution in [-0.4, -0.2) is 24.0 Å². The standard InChI is InChI=1S/C12H16INOS/c1-8-5-4-6-10(11(8)13)12(15)14-7-9(2)16-3/h4-6,9H,7H2,1-3H3,(H,14,15). The topological polar surface area (TPSA) is 29.1 Å². The summed E-state index contributed by atoms with van der Waals surface area (Å²) in [7, 11) is 0. The van der Waals surface area contributed by atoms with Crippen LogP contribution < -0.4 is 5.32 Å². The van der Waals surface area contributed by atoms with E-state index < -0.39 is 0 Å². The first-order chi connectivity index (χ1) is 7.56. The molecule has 1 unspecified atom stereocenters. The predicted molar refractivity (Wildman–Crippen MR) is 79.2 cm³/mol. The molecule has 0 spiro atoms. The van der Waals surface area contributed by atoms with Crippen molar-refractivity contribution in [2.24, 2.45) is 0 Å². The summed E-state index contributed by atoms with van der Waals surface area (Å²) in [5.41, 5.74) is 1.92. The van der Waals surface area contributed by atoms with Crippen molar-refractivity contribution in [1.29, 1.82) is 0 Å². The number of nitrogens with one attached hydrogen (secondary N) is 1. The molecule has 0 aliphatic rings. The van der Waals surface area contributed by atoms with Crippen molar-refractivity contribution < 1.29 is 4.79 Å². The fourth-order valence-corrected chi connectivity index (χ4v) is 2.09. The highest BCUT2D eigenvalue weighted by molar-refractivity contribution is 14.1. The van der Waals surface area contributed by atoms with Gasteiger partial charge in [-0.2, -0.15) is 11.8 Å². The number of aryl methyl sites for hydroxylation is 1. The quantitative estimate of drug-likeness (QED) is 0.847. The van der Waals surface area contributed by atoms with E-state index in [4.69, 9.17) is 0 Å². The molecule has 0 aromatic heterocycles. The van der Waals surface area contributed by atoms with Gasteiger partial charge in [0.1, 0.15) is 0 Å². The van der Waals surface area contributed by atoms with Crippen LogP contribution >= 0.6 is 34.4 Å². The van der Waals surface area contributed by atoms with Crippen LogP contribution in [0, 0.1) is 10.5 Å². The van der Waals surface area contributed by atoms with E-state index in [9.17, 15) is 4.79 Å². The van der Waals surface area contributed by atoms with E-state index in [1.165, 1.54) is 0 Å². The maximum absolute atomic E-state index is 11.9. The molecule has 0 aliphatic heterocycles. The van der Waals surface area contributed by atoms with Gasteiger partial charge in [-0.3, -0.25) is 4.79 Å². The van der Waals surface area contributed by atoms with Crippen LogP contribution in [0.4, 0.5) is 0 Å². The van der Waals surface area contributed by atoms with Crippen molar-refractivity contribution in [2.75, 3.05) is 12.8 Å². The van der Waals surface area contributed by atoms with E-state index in [0.29, 0.717) is 11.8 Å². The normalized spacial score (nSPS) is 12.2. The number of carbonyl (C=O) groups excluding carboxylic acids is 1. The van der Waals surface area contributed by atoms with Gasteiger partial charge in [0.15, 0.2) is 0 Å². The summed E-state index contributed by atoms with van der Waals surface area (Å²) in [5.74, 6) is 0.0222. The van der Waals surface area contributed by atoms with Crippen LogP contribution in [0.3, 0.4) is 0 Å². The van der Waals surface area contributed by atoms with Gasteiger partial charge in [-0.25, -0.2) is 0 Å². The summed E-state index contributed by atoms with van der Waals surface area (Å²) in [6, 6.07) is 5.81. The van der Waals surface area contributed by atoms with Gasteiger partial charge in [0, 0.05) is 15.4 Å². The molecule has 1 rings (SSSR count). The minimum absolute atomic E-state index is 0.0222. The molecule has 0 radical (unpaired) electrons. The molecule has 0 bridgehead atoms. The van der Waals surface area contributed by atoms with Crippen LogP contribution in [0.5, 0.6) is 0 Å². The van der Waals surface area contributed by atoms with Gasteiger partial charge in [-0.1, -0.05) is 19.1 Å². The highest BCUT2D eigenvalue weighted by atomic mass is 127. The number of thioether (sulfide) groups is 1. The first kappa shape index (κ1) is 13.8. The third-order valence-electron chi connectivity index (χ3n) is 2.39. The van der Waals surface area contributed by atoms with Gasteiger partial charge < -0.3 is 5.32 Å². The van der Waals surface area contributed by atoms with E-state index in [1.807, 2.05) is 31.4 Å². The third-order valence-corrected chi connectivity index (χ3v) is 4.79. The van der Waals surface area contributed by atoms with Crippen LogP contribution in [0.25, 0.3) is 0 Å². The first-order valence-corrected chi connectivity index (χ1v) is 7.49. The Labute approximate surface area is 115 Å². The molecule has 1 amide bonds. The van der Waals surface area contributed by atoms with Crippen LogP contribution in [-0.2, 0) is 0 Å². The zero-order chi connectivity index (χ0) is 12.1. The summed E-state index contributed by atoms with van der Waals surface area (Å²) in [6.45, 7) is 4.83. The van der Waals surface area contributed by atoms with E-state index in [0.717, 1.165) is 14.7 Å². The smallest absolute Gasteiger partial charge is 0.252 e. The lowest BCUT2D eigenvalue weighted by atomic mass is 10.1. The maximum atomic E-state index is 11.9. The fraction of sp³-hybridized carbons (Fsp3) is 0.417. The molecule has 0 heterocycles. The number of benzene rings is 1. The van der Waals surface area contributed by atoms with E-state index in [-0.39, 0.29) is 5.91 Å². The summed E-state index contributed by atoms with van der Waals surface area (Å²) in [4.78, 5) is 11.9. The molecule has 0 saturated carbocycles. The molecule has 2 nitrogen and oxygen atoms in total. The third kappa shape index (κ3) is 3.66. The monoisotopic (exact) mass is 349 g/mol. The Hall–Kier alpha value is -0.230. The van der Waals surface area contributed by atoms with Crippen molar-refractivity contribution in [1.82, 2.24) is 5.32 Å². The predicted octanol–water partition coefficient (Wildman–Crippen LogP) is 3.08. The van der Waals surface area contributed by atoms with E-state index in [1.54, 1.807) is 11.8 Å². The van der Waals surface area contributed by atoms with Crippen molar-refractivity contribution >= 4 is 40.3 Å². The lowest BCUT2D eigenvalue weighted by molar-refractivity contribution is 0.0953. The lowest BCUT2D eigenvalue weighted by Crippen LogP contribution is -2.30. The SMILES string of the molecule is CSC(C)CNC(=O)c1cccc(C)c1I. The molecule has 1 aromatic carbocycles. The average molecular weight is 349 g/mol. The Morgan fingerprint density at radius 3 is 2.88 bits per heavy atom. The van der Waals surface area contributed by atoms with Crippen molar-refractivity contribution in [2.45, 2.75) is 19.1 Å². The Morgan fingerprint density at radius 2 is 2.25 bits per heavy atom. The van der Waals surface area contributed by atoms with Gasteiger partial charge in [0.2, 0.25) is 0 Å². The highest BCUT2D eigenvalue weighted by Gasteiger charge is 2.11. The second-order valence-corrected chi connectivity index (χ2v) is 6.05. The molecule has 1 atom stereocenters. The van der Waals surface area contributed by atoms with Crippen molar-refractivity contribution in [3.63, 3.8) is 0 Å². The van der Waals surface area contributed by atoms with Gasteiger partial charge in [0.25, 0.3) is 5.91 Å². The Kier molecular flexibility index (Phi) is 5.61. The molecule has 0 aliphatic carbocycles. The fourth-order valence-electron chi connectivity index (χ4n) is 1.24. The number of carbonyl (C=O) groups is 1. The number of hydrogen-bond donors (Lipinski definition) is 1. The van der Waals surface area contributed by atoms with Gasteiger partial charge in [0.05, 0.1) is 5.56 Å². The number of halogens is 1. The largest absolute Gasteiger partial charge is 0.351 e. The Bertz CT molecular complexity index is 381. The number of hydrogen-bond acceptors (Lipinski definition) is 2. The minimum atomic E-state index is 0.0222. The van der Waals surface area contributed by atoms with E-state index in [2.05, 4.69) is 34.8 Å². The second kappa shape index (κ2) is 6.49. The molecule has 0 saturated heterocycles. The molecular weight excluding hydrogens is 333 g/mol. The average Bonchev–Trinajstić information content (AvgIpc) is 2.29. The van der Waals surface area contributed by atoms with Gasteiger partial charge in [-0.05, 0) is 47.4 Å². The molecule has 1 aromatic rings. The lowest BCUT2D eigenvalue weighted by Gasteiger charge is -2.11. The number of amides is 1. The van der Waals surface area contributed by atoms with Crippen LogP contribution in [0.1, 0.15) is 22.8 Å². The first-order valence-electron chi connectivity index (χ1n) is 5.12. The Balaban J connectivity index is 2.70. The molecule has 4 heteroatoms. The van der Waals surface area contributed by atoms with E-state index >= 15 is 0 Å². The molecule has 88 valence electrons. The van der Waals surface area contributed by atoms with Gasteiger partial charge in [-0.15, -0.1) is 0 Å². The van der Waals surface area contributed by atoms with Crippen molar-refractivity contribution in [3.05, 3.63) is 32.9 Å². The number of rotatable bonds is 4. The van der Waals surface area contributed by atoms with Crippen LogP contribution in [0.2, 0.25) is 0 Å². The molecule has 16 heavy (non-hydrogen) atoms. The van der Waals surface area contributed by atoms with Crippen LogP contribution in [0.15, 0.2) is 18.2 Å². The second-order valence-electron chi connectivity index (χ2n) is 3.69. The minimum Gasteiger partial charge on any atom is -0.351 e. The Morgan fingerprint density at radius 1 is 1.56 bits per heavy atom. The summed E-state index contributed by atoms with van der Waals surface area (Å²) < 4.78 is 1.04. The highest BCUT2D eigenvalue weighted by Crippen LogP contribution is 2.16. The molecular formula is C12H16INOS. The van der Waals surface area contributed by atoms with Crippen molar-refractivity contribution in [3.8, 4) is 0 Å². The molecule has 1 N–H and O–H groups in total. The zero-order valence-corrected chi connectivity index (χ0v) is 12.7.